The maximum absolute atomic E-state index is 2.22. The van der Waals surface area contributed by atoms with E-state index in [4.69, 9.17) is 0 Å². The van der Waals surface area contributed by atoms with Crippen molar-refractivity contribution in [1.82, 2.24) is 0 Å². The molecule has 0 aromatic rings. The van der Waals surface area contributed by atoms with Crippen LogP contribution in [0.1, 0.15) is 69.2 Å². The van der Waals surface area contributed by atoms with E-state index in [1.54, 1.807) is 0 Å². The summed E-state index contributed by atoms with van der Waals surface area (Å²) in [7, 11) is 0. The quantitative estimate of drug-likeness (QED) is 0.530. The minimum Gasteiger partial charge on any atom is -0.0776 e. The Morgan fingerprint density at radius 3 is 0.750 bits per heavy atom. The van der Waals surface area contributed by atoms with Crippen LogP contribution >= 0.6 is 0 Å². The van der Waals surface area contributed by atoms with Gasteiger partial charge < -0.3 is 0 Å². The lowest BCUT2D eigenvalue weighted by Gasteiger charge is -1.90. The molecule has 0 N–H and O–H groups in total. The first-order chi connectivity index (χ1) is 4.54. The molecule has 0 heteroatoms. The van der Waals surface area contributed by atoms with E-state index < -0.39 is 0 Å². The molecule has 12 heavy (non-hydrogen) atoms. The van der Waals surface area contributed by atoms with Crippen LogP contribution in [0.5, 0.6) is 0 Å². The Balaban J connectivity index is -0.0000000457. The molecule has 0 aliphatic carbocycles. The first-order valence-electron chi connectivity index (χ1n) is 4.54. The second kappa shape index (κ2) is 17.2. The van der Waals surface area contributed by atoms with Crippen molar-refractivity contribution in [2.45, 2.75) is 69.2 Å². The van der Waals surface area contributed by atoms with Crippen molar-refractivity contribution < 1.29 is 0 Å². The molecule has 80 valence electrons. The van der Waals surface area contributed by atoms with Crippen LogP contribution < -0.4 is 0 Å². The standard InChI is InChI=1S/2C5H12.2CH4/c2*1-4-5(2)3;;/h2*5H,4H2,1-3H3;2*1H4. The number of hydrogen-bond acceptors (Lipinski definition) is 0. The maximum atomic E-state index is 2.22. The molecule has 0 atom stereocenters. The molecule has 0 bridgehead atoms. The Labute approximate surface area is 81.8 Å². The Morgan fingerprint density at radius 2 is 0.750 bits per heavy atom. The van der Waals surface area contributed by atoms with Gasteiger partial charge in [0.15, 0.2) is 0 Å². The smallest absolute Gasteiger partial charge is 0.0474 e. The van der Waals surface area contributed by atoms with E-state index in [1.807, 2.05) is 0 Å². The summed E-state index contributed by atoms with van der Waals surface area (Å²) < 4.78 is 0. The van der Waals surface area contributed by atoms with Crippen molar-refractivity contribution in [3.05, 3.63) is 0 Å². The van der Waals surface area contributed by atoms with Gasteiger partial charge in [0.05, 0.1) is 0 Å². The van der Waals surface area contributed by atoms with E-state index >= 15 is 0 Å². The van der Waals surface area contributed by atoms with Crippen LogP contribution in [-0.2, 0) is 0 Å². The first kappa shape index (κ1) is 22.7. The summed E-state index contributed by atoms with van der Waals surface area (Å²) in [5, 5.41) is 0. The molecule has 0 nitrogen and oxygen atoms in total. The molecule has 0 saturated carbocycles. The highest BCUT2D eigenvalue weighted by atomic mass is 13.9. The maximum Gasteiger partial charge on any atom is -0.0474 e. The minimum absolute atomic E-state index is 0. The van der Waals surface area contributed by atoms with E-state index in [1.165, 1.54) is 12.8 Å². The van der Waals surface area contributed by atoms with Crippen LogP contribution in [0.3, 0.4) is 0 Å². The summed E-state index contributed by atoms with van der Waals surface area (Å²) in [6.45, 7) is 13.3. The molecule has 0 rings (SSSR count). The van der Waals surface area contributed by atoms with E-state index in [9.17, 15) is 0 Å². The predicted molar refractivity (Wildman–Crippen MR) is 63.7 cm³/mol. The summed E-state index contributed by atoms with van der Waals surface area (Å²) in [6, 6.07) is 0. The summed E-state index contributed by atoms with van der Waals surface area (Å²) in [5.41, 5.74) is 0. The highest BCUT2D eigenvalue weighted by Crippen LogP contribution is 1.94. The van der Waals surface area contributed by atoms with Gasteiger partial charge in [-0.05, 0) is 11.8 Å². The van der Waals surface area contributed by atoms with Crippen molar-refractivity contribution >= 4 is 0 Å². The summed E-state index contributed by atoms with van der Waals surface area (Å²) in [4.78, 5) is 0. The van der Waals surface area contributed by atoms with Crippen LogP contribution in [0, 0.1) is 11.8 Å². The van der Waals surface area contributed by atoms with Crippen molar-refractivity contribution in [1.29, 1.82) is 0 Å². The highest BCUT2D eigenvalue weighted by molar-refractivity contribution is 4.33. The van der Waals surface area contributed by atoms with Crippen molar-refractivity contribution in [3.63, 3.8) is 0 Å². The number of hydrogen-bond donors (Lipinski definition) is 0. The zero-order chi connectivity index (χ0) is 8.57. The van der Waals surface area contributed by atoms with Crippen LogP contribution in [-0.4, -0.2) is 0 Å². The van der Waals surface area contributed by atoms with Crippen LogP contribution in [0.15, 0.2) is 0 Å². The summed E-state index contributed by atoms with van der Waals surface area (Å²) in [5.74, 6) is 1.77. The first-order valence-corrected chi connectivity index (χ1v) is 4.54. The Bertz CT molecular complexity index is 36.0. The number of rotatable bonds is 2. The average Bonchev–Trinajstić information content (AvgIpc) is 1.89. The predicted octanol–water partition coefficient (Wildman–Crippen LogP) is 5.38. The van der Waals surface area contributed by atoms with Gasteiger partial charge in [0.2, 0.25) is 0 Å². The molecule has 0 aromatic heterocycles. The molecule has 0 saturated heterocycles. The lowest BCUT2D eigenvalue weighted by molar-refractivity contribution is 0.626. The largest absolute Gasteiger partial charge is 0.0776 e. The molecule has 0 aliphatic heterocycles. The van der Waals surface area contributed by atoms with Gasteiger partial charge >= 0.3 is 0 Å². The van der Waals surface area contributed by atoms with Crippen molar-refractivity contribution in [3.8, 4) is 0 Å². The second-order valence-electron chi connectivity index (χ2n) is 3.60. The fourth-order valence-corrected chi connectivity index (χ4v) is 0. The topological polar surface area (TPSA) is 0 Å². The zero-order valence-electron chi connectivity index (χ0n) is 8.57. The normalized spacial score (nSPS) is 8.00. The van der Waals surface area contributed by atoms with Gasteiger partial charge in [0.25, 0.3) is 0 Å². The van der Waals surface area contributed by atoms with Crippen LogP contribution in [0.2, 0.25) is 0 Å². The van der Waals surface area contributed by atoms with Gasteiger partial charge in [-0.2, -0.15) is 0 Å². The minimum atomic E-state index is 0. The SMILES string of the molecule is C.C.CCC(C)C.CCC(C)C. The van der Waals surface area contributed by atoms with E-state index in [2.05, 4.69) is 41.5 Å². The molecule has 0 heterocycles. The van der Waals surface area contributed by atoms with Gasteiger partial charge in [-0.15, -0.1) is 0 Å². The molecule has 0 spiro atoms. The molecular formula is C12H32. The molecular weight excluding hydrogens is 144 g/mol. The Morgan fingerprint density at radius 1 is 0.667 bits per heavy atom. The average molecular weight is 176 g/mol. The molecule has 0 unspecified atom stereocenters. The van der Waals surface area contributed by atoms with Crippen LogP contribution in [0.4, 0.5) is 0 Å². The molecule has 0 aliphatic rings. The summed E-state index contributed by atoms with van der Waals surface area (Å²) >= 11 is 0. The van der Waals surface area contributed by atoms with Gasteiger partial charge in [0.1, 0.15) is 0 Å². The Hall–Kier alpha value is 0. The van der Waals surface area contributed by atoms with Gasteiger partial charge in [-0.25, -0.2) is 0 Å². The molecule has 0 amide bonds. The lowest BCUT2D eigenvalue weighted by Crippen LogP contribution is -1.77. The van der Waals surface area contributed by atoms with Gasteiger partial charge in [-0.3, -0.25) is 0 Å². The molecule has 0 fully saturated rings. The van der Waals surface area contributed by atoms with Crippen molar-refractivity contribution in [2.24, 2.45) is 11.8 Å². The third kappa shape index (κ3) is 50.6. The highest BCUT2D eigenvalue weighted by Gasteiger charge is 1.80. The van der Waals surface area contributed by atoms with Gasteiger partial charge in [-0.1, -0.05) is 69.2 Å². The van der Waals surface area contributed by atoms with Crippen LogP contribution in [0.25, 0.3) is 0 Å². The fourth-order valence-electron chi connectivity index (χ4n) is 0. The lowest BCUT2D eigenvalue weighted by atomic mass is 10.2. The monoisotopic (exact) mass is 176 g/mol. The van der Waals surface area contributed by atoms with Crippen molar-refractivity contribution in [2.75, 3.05) is 0 Å². The second-order valence-corrected chi connectivity index (χ2v) is 3.60. The molecule has 0 radical (unpaired) electrons. The third-order valence-electron chi connectivity index (χ3n) is 1.63. The van der Waals surface area contributed by atoms with Gasteiger partial charge in [0, 0.05) is 0 Å². The zero-order valence-corrected chi connectivity index (χ0v) is 8.57. The summed E-state index contributed by atoms with van der Waals surface area (Å²) in [6.07, 6.45) is 2.61. The third-order valence-corrected chi connectivity index (χ3v) is 1.63. The Kier molecular flexibility index (Phi) is 32.5. The van der Waals surface area contributed by atoms with E-state index in [0.717, 1.165) is 11.8 Å². The fraction of sp³-hybridized carbons (Fsp3) is 1.00. The molecule has 0 aromatic carbocycles. The van der Waals surface area contributed by atoms with E-state index in [-0.39, 0.29) is 14.9 Å². The van der Waals surface area contributed by atoms with E-state index in [0.29, 0.717) is 0 Å².